The van der Waals surface area contributed by atoms with Gasteiger partial charge in [0.25, 0.3) is 0 Å². The molecule has 1 heterocycles. The van der Waals surface area contributed by atoms with Crippen LogP contribution in [0.3, 0.4) is 0 Å². The Hall–Kier alpha value is -1.08. The standard InChI is InChI=1S/C18H35NO5Si/c1-16(2,3)23-15(21)19-12-13(11-18(19,7)14(20)22-8)24-25(9,10)17(4,5)6/h13H,11-12H2,1-10H3/t13-,18?/m0/s1. The molecular formula is C18H35NO5Si. The minimum absolute atomic E-state index is 0.0496. The van der Waals surface area contributed by atoms with Crippen LogP contribution in [-0.2, 0) is 18.7 Å². The van der Waals surface area contributed by atoms with E-state index < -0.39 is 31.5 Å². The van der Waals surface area contributed by atoms with E-state index in [1.165, 1.54) is 12.0 Å². The first-order valence-electron chi connectivity index (χ1n) is 8.80. The Morgan fingerprint density at radius 1 is 1.12 bits per heavy atom. The minimum atomic E-state index is -2.02. The van der Waals surface area contributed by atoms with Gasteiger partial charge in [-0.2, -0.15) is 0 Å². The number of nitrogens with zero attached hydrogens (tertiary/aromatic N) is 1. The summed E-state index contributed by atoms with van der Waals surface area (Å²) in [6, 6.07) is 0. The van der Waals surface area contributed by atoms with Crippen molar-refractivity contribution < 1.29 is 23.5 Å². The summed E-state index contributed by atoms with van der Waals surface area (Å²) < 4.78 is 16.9. The SMILES string of the molecule is COC(=O)C1(C)C[C@H](O[Si](C)(C)C(C)(C)C)CN1C(=O)OC(C)(C)C. The molecule has 1 saturated heterocycles. The second kappa shape index (κ2) is 6.91. The van der Waals surface area contributed by atoms with Crippen molar-refractivity contribution in [3.63, 3.8) is 0 Å². The highest BCUT2D eigenvalue weighted by Crippen LogP contribution is 2.41. The van der Waals surface area contributed by atoms with Crippen LogP contribution in [0.15, 0.2) is 0 Å². The van der Waals surface area contributed by atoms with Crippen molar-refractivity contribution in [2.24, 2.45) is 0 Å². The molecule has 0 aromatic rings. The van der Waals surface area contributed by atoms with Crippen molar-refractivity contribution in [3.05, 3.63) is 0 Å². The molecule has 146 valence electrons. The fourth-order valence-corrected chi connectivity index (χ4v) is 4.05. The summed E-state index contributed by atoms with van der Waals surface area (Å²) in [5, 5.41) is 0.0496. The molecular weight excluding hydrogens is 338 g/mol. The summed E-state index contributed by atoms with van der Waals surface area (Å²) in [7, 11) is -0.683. The Balaban J connectivity index is 3.07. The molecule has 0 N–H and O–H groups in total. The van der Waals surface area contributed by atoms with E-state index in [0.717, 1.165) is 0 Å². The van der Waals surface area contributed by atoms with Gasteiger partial charge in [0, 0.05) is 6.42 Å². The van der Waals surface area contributed by atoms with Crippen molar-refractivity contribution in [1.82, 2.24) is 4.90 Å². The molecule has 2 atom stereocenters. The predicted octanol–water partition coefficient (Wildman–Crippen LogP) is 3.95. The third-order valence-corrected chi connectivity index (χ3v) is 9.65. The fourth-order valence-electron chi connectivity index (χ4n) is 2.70. The second-order valence-electron chi connectivity index (χ2n) is 9.56. The van der Waals surface area contributed by atoms with Crippen LogP contribution in [0.2, 0.25) is 18.1 Å². The number of esters is 1. The van der Waals surface area contributed by atoms with Gasteiger partial charge in [0.1, 0.15) is 11.1 Å². The Labute approximate surface area is 153 Å². The van der Waals surface area contributed by atoms with Crippen LogP contribution in [-0.4, -0.2) is 56.2 Å². The third-order valence-electron chi connectivity index (χ3n) is 5.11. The Morgan fingerprint density at radius 2 is 1.64 bits per heavy atom. The van der Waals surface area contributed by atoms with Gasteiger partial charge in [-0.25, -0.2) is 9.59 Å². The van der Waals surface area contributed by atoms with Crippen molar-refractivity contribution in [3.8, 4) is 0 Å². The summed E-state index contributed by atoms with van der Waals surface area (Å²) in [5.41, 5.74) is -1.71. The van der Waals surface area contributed by atoms with Gasteiger partial charge in [0.05, 0.1) is 19.8 Å². The highest BCUT2D eigenvalue weighted by molar-refractivity contribution is 6.74. The zero-order valence-electron chi connectivity index (χ0n) is 17.5. The monoisotopic (exact) mass is 373 g/mol. The number of amides is 1. The average molecular weight is 374 g/mol. The molecule has 0 bridgehead atoms. The van der Waals surface area contributed by atoms with E-state index in [2.05, 4.69) is 33.9 Å². The molecule has 1 rings (SSSR count). The molecule has 0 saturated carbocycles. The molecule has 1 aliphatic heterocycles. The second-order valence-corrected chi connectivity index (χ2v) is 14.3. The van der Waals surface area contributed by atoms with Crippen molar-refractivity contribution >= 4 is 20.4 Å². The van der Waals surface area contributed by atoms with Gasteiger partial charge < -0.3 is 13.9 Å². The lowest BCUT2D eigenvalue weighted by atomic mass is 9.98. The lowest BCUT2D eigenvalue weighted by molar-refractivity contribution is -0.152. The van der Waals surface area contributed by atoms with Crippen LogP contribution in [0.4, 0.5) is 4.79 Å². The molecule has 1 unspecified atom stereocenters. The first-order valence-corrected chi connectivity index (χ1v) is 11.7. The van der Waals surface area contributed by atoms with Gasteiger partial charge >= 0.3 is 12.1 Å². The number of methoxy groups -OCH3 is 1. The number of ether oxygens (including phenoxy) is 2. The van der Waals surface area contributed by atoms with Gasteiger partial charge in [-0.1, -0.05) is 20.8 Å². The van der Waals surface area contributed by atoms with E-state index in [9.17, 15) is 9.59 Å². The van der Waals surface area contributed by atoms with Crippen LogP contribution in [0, 0.1) is 0 Å². The molecule has 1 fully saturated rings. The van der Waals surface area contributed by atoms with Crippen LogP contribution < -0.4 is 0 Å². The Kier molecular flexibility index (Phi) is 6.07. The molecule has 0 aromatic heterocycles. The fraction of sp³-hybridized carbons (Fsp3) is 0.889. The molecule has 0 aliphatic carbocycles. The first-order chi connectivity index (χ1) is 11.0. The maximum atomic E-state index is 12.7. The number of hydrogen-bond donors (Lipinski definition) is 0. The average Bonchev–Trinajstić information content (AvgIpc) is 2.72. The summed E-state index contributed by atoms with van der Waals surface area (Å²) in [6.45, 7) is 18.3. The molecule has 1 amide bonds. The smallest absolute Gasteiger partial charge is 0.411 e. The van der Waals surface area contributed by atoms with Gasteiger partial charge in [0.15, 0.2) is 8.32 Å². The Morgan fingerprint density at radius 3 is 2.04 bits per heavy atom. The number of hydrogen-bond acceptors (Lipinski definition) is 5. The largest absolute Gasteiger partial charge is 0.467 e. The van der Waals surface area contributed by atoms with Gasteiger partial charge in [-0.05, 0) is 45.8 Å². The summed E-state index contributed by atoms with van der Waals surface area (Å²) in [6.07, 6.45) is -0.315. The van der Waals surface area contributed by atoms with Crippen LogP contribution in [0.5, 0.6) is 0 Å². The predicted molar refractivity (Wildman–Crippen MR) is 100 cm³/mol. The molecule has 0 aromatic carbocycles. The normalized spacial score (nSPS) is 25.0. The third kappa shape index (κ3) is 4.97. The molecule has 0 spiro atoms. The lowest BCUT2D eigenvalue weighted by Gasteiger charge is -2.38. The van der Waals surface area contributed by atoms with E-state index in [0.29, 0.717) is 13.0 Å². The van der Waals surface area contributed by atoms with Crippen molar-refractivity contribution in [1.29, 1.82) is 0 Å². The van der Waals surface area contributed by atoms with Gasteiger partial charge in [-0.3, -0.25) is 4.90 Å². The number of carbonyl (C=O) groups excluding carboxylic acids is 2. The zero-order valence-corrected chi connectivity index (χ0v) is 18.5. The molecule has 0 radical (unpaired) electrons. The van der Waals surface area contributed by atoms with Crippen LogP contribution >= 0.6 is 0 Å². The number of likely N-dealkylation sites (tertiary alicyclic amines) is 1. The topological polar surface area (TPSA) is 65.1 Å². The summed E-state index contributed by atoms with van der Waals surface area (Å²) in [4.78, 5) is 26.5. The molecule has 6 nitrogen and oxygen atoms in total. The highest BCUT2D eigenvalue weighted by atomic mass is 28.4. The van der Waals surface area contributed by atoms with Crippen molar-refractivity contribution in [2.45, 2.75) is 90.3 Å². The Bertz CT molecular complexity index is 521. The lowest BCUT2D eigenvalue weighted by Crippen LogP contribution is -2.52. The molecule has 1 aliphatic rings. The van der Waals surface area contributed by atoms with E-state index in [-0.39, 0.29) is 11.1 Å². The van der Waals surface area contributed by atoms with Gasteiger partial charge in [-0.15, -0.1) is 0 Å². The number of rotatable bonds is 3. The minimum Gasteiger partial charge on any atom is -0.467 e. The van der Waals surface area contributed by atoms with E-state index in [4.69, 9.17) is 13.9 Å². The van der Waals surface area contributed by atoms with E-state index >= 15 is 0 Å². The highest BCUT2D eigenvalue weighted by Gasteiger charge is 2.54. The van der Waals surface area contributed by atoms with E-state index in [1.807, 2.05) is 0 Å². The zero-order chi connectivity index (χ0) is 19.8. The van der Waals surface area contributed by atoms with Gasteiger partial charge in [0.2, 0.25) is 0 Å². The summed E-state index contributed by atoms with van der Waals surface area (Å²) >= 11 is 0. The maximum absolute atomic E-state index is 12.7. The van der Waals surface area contributed by atoms with Crippen LogP contribution in [0.25, 0.3) is 0 Å². The quantitative estimate of drug-likeness (QED) is 0.553. The van der Waals surface area contributed by atoms with Crippen molar-refractivity contribution in [2.75, 3.05) is 13.7 Å². The number of carbonyl (C=O) groups is 2. The summed E-state index contributed by atoms with van der Waals surface area (Å²) in [5.74, 6) is -0.445. The van der Waals surface area contributed by atoms with E-state index in [1.54, 1.807) is 27.7 Å². The maximum Gasteiger partial charge on any atom is 0.411 e. The first kappa shape index (κ1) is 22.0. The molecule has 25 heavy (non-hydrogen) atoms. The van der Waals surface area contributed by atoms with Crippen LogP contribution in [0.1, 0.15) is 54.9 Å². The molecule has 7 heteroatoms.